The molecule has 0 aliphatic heterocycles. The van der Waals surface area contributed by atoms with Crippen LogP contribution in [0.1, 0.15) is 22.9 Å². The molecule has 90 valence electrons. The quantitative estimate of drug-likeness (QED) is 0.905. The van der Waals surface area contributed by atoms with Crippen LogP contribution in [0, 0.1) is 13.8 Å². The molecule has 5 nitrogen and oxygen atoms in total. The number of hydrogen-bond acceptors (Lipinski definition) is 5. The third kappa shape index (κ3) is 3.39. The molecule has 0 aliphatic rings. The van der Waals surface area contributed by atoms with Gasteiger partial charge in [-0.05, 0) is 20.3 Å². The highest BCUT2D eigenvalue weighted by atomic mass is 32.1. The Bertz CT molecular complexity index is 518. The summed E-state index contributed by atoms with van der Waals surface area (Å²) < 4.78 is 4.86. The number of aryl methyl sites for hydroxylation is 3. The van der Waals surface area contributed by atoms with E-state index < -0.39 is 0 Å². The highest BCUT2D eigenvalue weighted by molar-refractivity contribution is 7.09. The van der Waals surface area contributed by atoms with Gasteiger partial charge in [-0.25, -0.2) is 4.98 Å². The van der Waals surface area contributed by atoms with Crippen molar-refractivity contribution in [3.8, 4) is 0 Å². The van der Waals surface area contributed by atoms with Crippen molar-refractivity contribution >= 4 is 23.1 Å². The Hall–Kier alpha value is -1.69. The summed E-state index contributed by atoms with van der Waals surface area (Å²) in [6.45, 7) is 3.73. The first-order chi connectivity index (χ1) is 8.13. The van der Waals surface area contributed by atoms with Gasteiger partial charge in [-0.3, -0.25) is 4.79 Å². The third-order valence-electron chi connectivity index (χ3n) is 2.17. The molecule has 2 heterocycles. The van der Waals surface area contributed by atoms with E-state index in [-0.39, 0.29) is 5.91 Å². The molecule has 2 aromatic rings. The van der Waals surface area contributed by atoms with Crippen LogP contribution in [0.5, 0.6) is 0 Å². The standard InChI is InChI=1S/C11H13N3O2S/c1-7-5-10(14-16-7)13-11(15)4-3-9-6-17-8(2)12-9/h5-6H,3-4H2,1-2H3,(H,13,14,15). The molecule has 0 fully saturated rings. The van der Waals surface area contributed by atoms with Gasteiger partial charge in [0.2, 0.25) is 5.91 Å². The molecule has 0 aliphatic carbocycles. The van der Waals surface area contributed by atoms with Gasteiger partial charge in [0.15, 0.2) is 5.82 Å². The van der Waals surface area contributed by atoms with Crippen LogP contribution in [0.25, 0.3) is 0 Å². The summed E-state index contributed by atoms with van der Waals surface area (Å²) in [7, 11) is 0. The molecule has 2 rings (SSSR count). The monoisotopic (exact) mass is 251 g/mol. The van der Waals surface area contributed by atoms with Crippen LogP contribution >= 0.6 is 11.3 Å². The van der Waals surface area contributed by atoms with Gasteiger partial charge in [0.1, 0.15) is 5.76 Å². The van der Waals surface area contributed by atoms with E-state index in [4.69, 9.17) is 4.52 Å². The van der Waals surface area contributed by atoms with Crippen molar-refractivity contribution in [2.45, 2.75) is 26.7 Å². The number of rotatable bonds is 4. The second-order valence-electron chi connectivity index (χ2n) is 3.73. The van der Waals surface area contributed by atoms with E-state index in [0.717, 1.165) is 10.7 Å². The normalized spacial score (nSPS) is 10.5. The van der Waals surface area contributed by atoms with Gasteiger partial charge in [0.05, 0.1) is 10.7 Å². The summed E-state index contributed by atoms with van der Waals surface area (Å²) in [5, 5.41) is 9.36. The molecule has 0 aromatic carbocycles. The summed E-state index contributed by atoms with van der Waals surface area (Å²) in [4.78, 5) is 15.9. The Labute approximate surface area is 103 Å². The highest BCUT2D eigenvalue weighted by Crippen LogP contribution is 2.11. The maximum Gasteiger partial charge on any atom is 0.226 e. The predicted molar refractivity (Wildman–Crippen MR) is 65.0 cm³/mol. The first-order valence-corrected chi connectivity index (χ1v) is 6.15. The molecular formula is C11H13N3O2S. The van der Waals surface area contributed by atoms with Crippen LogP contribution in [-0.2, 0) is 11.2 Å². The van der Waals surface area contributed by atoms with Crippen LogP contribution in [-0.4, -0.2) is 16.0 Å². The number of carbonyl (C=O) groups excluding carboxylic acids is 1. The van der Waals surface area contributed by atoms with Crippen LogP contribution in [0.3, 0.4) is 0 Å². The smallest absolute Gasteiger partial charge is 0.226 e. The molecule has 1 N–H and O–H groups in total. The minimum Gasteiger partial charge on any atom is -0.360 e. The Morgan fingerprint density at radius 2 is 2.35 bits per heavy atom. The van der Waals surface area contributed by atoms with Gasteiger partial charge < -0.3 is 9.84 Å². The molecule has 2 aromatic heterocycles. The number of nitrogens with zero attached hydrogens (tertiary/aromatic N) is 2. The maximum atomic E-state index is 11.6. The molecule has 6 heteroatoms. The van der Waals surface area contributed by atoms with Crippen molar-refractivity contribution in [1.82, 2.24) is 10.1 Å². The van der Waals surface area contributed by atoms with Gasteiger partial charge >= 0.3 is 0 Å². The summed E-state index contributed by atoms with van der Waals surface area (Å²) >= 11 is 1.59. The molecule has 0 radical (unpaired) electrons. The van der Waals surface area contributed by atoms with Gasteiger partial charge in [-0.2, -0.15) is 0 Å². The summed E-state index contributed by atoms with van der Waals surface area (Å²) in [6, 6.07) is 1.69. The third-order valence-corrected chi connectivity index (χ3v) is 2.99. The highest BCUT2D eigenvalue weighted by Gasteiger charge is 2.07. The lowest BCUT2D eigenvalue weighted by atomic mass is 10.2. The van der Waals surface area contributed by atoms with Crippen molar-refractivity contribution in [2.24, 2.45) is 0 Å². The van der Waals surface area contributed by atoms with Crippen LogP contribution < -0.4 is 5.32 Å². The maximum absolute atomic E-state index is 11.6. The van der Waals surface area contributed by atoms with E-state index in [1.807, 2.05) is 12.3 Å². The van der Waals surface area contributed by atoms with Crippen molar-refractivity contribution < 1.29 is 9.32 Å². The lowest BCUT2D eigenvalue weighted by molar-refractivity contribution is -0.116. The van der Waals surface area contributed by atoms with E-state index in [2.05, 4.69) is 15.5 Å². The number of anilines is 1. The van der Waals surface area contributed by atoms with Gasteiger partial charge in [0, 0.05) is 17.9 Å². The number of thiazole rings is 1. The predicted octanol–water partition coefficient (Wildman–Crippen LogP) is 2.32. The molecule has 1 amide bonds. The Morgan fingerprint density at radius 1 is 1.53 bits per heavy atom. The second kappa shape index (κ2) is 5.09. The Morgan fingerprint density at radius 3 is 2.94 bits per heavy atom. The van der Waals surface area contributed by atoms with E-state index in [1.54, 1.807) is 24.3 Å². The van der Waals surface area contributed by atoms with E-state index >= 15 is 0 Å². The fourth-order valence-corrected chi connectivity index (χ4v) is 2.04. The van der Waals surface area contributed by atoms with Gasteiger partial charge in [-0.15, -0.1) is 11.3 Å². The zero-order chi connectivity index (χ0) is 12.3. The molecule has 0 unspecified atom stereocenters. The fourth-order valence-electron chi connectivity index (χ4n) is 1.40. The van der Waals surface area contributed by atoms with Crippen LogP contribution in [0.4, 0.5) is 5.82 Å². The van der Waals surface area contributed by atoms with Gasteiger partial charge in [0.25, 0.3) is 0 Å². The van der Waals surface area contributed by atoms with Crippen molar-refractivity contribution in [1.29, 1.82) is 0 Å². The minimum absolute atomic E-state index is 0.0797. The molecule has 0 bridgehead atoms. The van der Waals surface area contributed by atoms with Crippen molar-refractivity contribution in [3.05, 3.63) is 27.9 Å². The molecule has 0 spiro atoms. The van der Waals surface area contributed by atoms with Crippen molar-refractivity contribution in [3.63, 3.8) is 0 Å². The Balaban J connectivity index is 1.82. The number of hydrogen-bond donors (Lipinski definition) is 1. The van der Waals surface area contributed by atoms with Crippen LogP contribution in [0.2, 0.25) is 0 Å². The van der Waals surface area contributed by atoms with Crippen molar-refractivity contribution in [2.75, 3.05) is 5.32 Å². The Kier molecular flexibility index (Phi) is 3.53. The fraction of sp³-hybridized carbons (Fsp3) is 0.364. The number of nitrogens with one attached hydrogen (secondary N) is 1. The van der Waals surface area contributed by atoms with Gasteiger partial charge in [-0.1, -0.05) is 5.16 Å². The zero-order valence-corrected chi connectivity index (χ0v) is 10.5. The first-order valence-electron chi connectivity index (χ1n) is 5.27. The lowest BCUT2D eigenvalue weighted by Gasteiger charge is -1.99. The number of carbonyl (C=O) groups is 1. The first kappa shape index (κ1) is 11.8. The molecular weight excluding hydrogens is 238 g/mol. The average Bonchev–Trinajstić information content (AvgIpc) is 2.85. The van der Waals surface area contributed by atoms with E-state index in [9.17, 15) is 4.79 Å². The van der Waals surface area contributed by atoms with Crippen LogP contribution in [0.15, 0.2) is 16.0 Å². The summed E-state index contributed by atoms with van der Waals surface area (Å²) in [5.74, 6) is 1.06. The molecule has 17 heavy (non-hydrogen) atoms. The molecule has 0 saturated carbocycles. The average molecular weight is 251 g/mol. The summed E-state index contributed by atoms with van der Waals surface area (Å²) in [6.07, 6.45) is 1.04. The zero-order valence-electron chi connectivity index (χ0n) is 9.69. The molecule has 0 saturated heterocycles. The number of amides is 1. The SMILES string of the molecule is Cc1cc(NC(=O)CCc2csc(C)n2)no1. The lowest BCUT2D eigenvalue weighted by Crippen LogP contribution is -2.12. The number of aromatic nitrogens is 2. The van der Waals surface area contributed by atoms with E-state index in [1.165, 1.54) is 0 Å². The van der Waals surface area contributed by atoms with E-state index in [0.29, 0.717) is 24.4 Å². The summed E-state index contributed by atoms with van der Waals surface area (Å²) in [5.41, 5.74) is 0.957. The largest absolute Gasteiger partial charge is 0.360 e. The molecule has 0 atom stereocenters. The second-order valence-corrected chi connectivity index (χ2v) is 4.79. The topological polar surface area (TPSA) is 68.0 Å². The minimum atomic E-state index is -0.0797.